The number of aliphatic hydroxyl groups is 1. The van der Waals surface area contributed by atoms with Crippen molar-refractivity contribution in [2.24, 2.45) is 0 Å². The summed E-state index contributed by atoms with van der Waals surface area (Å²) in [5.41, 5.74) is 4.28. The van der Waals surface area contributed by atoms with Crippen molar-refractivity contribution in [2.45, 2.75) is 68.9 Å². The quantitative estimate of drug-likeness (QED) is 0.304. The van der Waals surface area contributed by atoms with Gasteiger partial charge in [-0.3, -0.25) is 9.80 Å². The Morgan fingerprint density at radius 2 is 1.78 bits per heavy atom. The first-order chi connectivity index (χ1) is 22.1. The second-order valence-electron chi connectivity index (χ2n) is 12.9. The van der Waals surface area contributed by atoms with Gasteiger partial charge in [-0.05, 0) is 55.9 Å². The number of piperidine rings is 2. The van der Waals surface area contributed by atoms with Gasteiger partial charge in [0.15, 0.2) is 0 Å². The maximum absolute atomic E-state index is 10.1. The minimum atomic E-state index is -0.169. The molecule has 0 aromatic carbocycles. The number of anilines is 1. The molecular weight excluding hydrogens is 568 g/mol. The third-order valence-corrected chi connectivity index (χ3v) is 10.3. The van der Waals surface area contributed by atoms with Crippen molar-refractivity contribution in [3.63, 3.8) is 0 Å². The lowest BCUT2D eigenvalue weighted by Crippen LogP contribution is -2.68. The molecule has 11 heteroatoms. The highest BCUT2D eigenvalue weighted by atomic mass is 16.5. The molecule has 9 heterocycles. The van der Waals surface area contributed by atoms with Crippen LogP contribution in [0.3, 0.4) is 0 Å². The van der Waals surface area contributed by atoms with Gasteiger partial charge in [0.1, 0.15) is 24.2 Å². The van der Waals surface area contributed by atoms with E-state index in [2.05, 4.69) is 49.1 Å². The second-order valence-corrected chi connectivity index (χ2v) is 12.9. The van der Waals surface area contributed by atoms with Crippen molar-refractivity contribution in [3.05, 3.63) is 66.2 Å². The van der Waals surface area contributed by atoms with Gasteiger partial charge in [-0.1, -0.05) is 6.07 Å². The molecule has 0 saturated carbocycles. The molecule has 0 spiro atoms. The van der Waals surface area contributed by atoms with Gasteiger partial charge in [0.2, 0.25) is 5.88 Å². The summed E-state index contributed by atoms with van der Waals surface area (Å²) in [6.45, 7) is 4.18. The van der Waals surface area contributed by atoms with Crippen molar-refractivity contribution in [3.8, 4) is 28.8 Å². The fraction of sp³-hybridized carbons (Fsp3) is 0.471. The van der Waals surface area contributed by atoms with Crippen molar-refractivity contribution in [1.82, 2.24) is 29.4 Å². The summed E-state index contributed by atoms with van der Waals surface area (Å²) in [5, 5.41) is 24.4. The first-order valence-corrected chi connectivity index (χ1v) is 16.0. The SMILES string of the molecule is COc1ccc(CN2C3CC2CN(c2ccc(-c4cc(OCCN5[C@@H]6CC[C@H]5C[C@@H](O)C6)cn5ncc(C#N)c45)cn2)C3)cn1. The molecule has 9 rings (SSSR count). The first-order valence-electron chi connectivity index (χ1n) is 16.0. The Kier molecular flexibility index (Phi) is 7.28. The highest BCUT2D eigenvalue weighted by molar-refractivity contribution is 5.85. The molecule has 5 saturated heterocycles. The topological polar surface area (TPSA) is 115 Å². The van der Waals surface area contributed by atoms with E-state index < -0.39 is 0 Å². The van der Waals surface area contributed by atoms with Gasteiger partial charge in [-0.2, -0.15) is 10.4 Å². The van der Waals surface area contributed by atoms with Gasteiger partial charge in [0.25, 0.3) is 0 Å². The molecular formula is C34H38N8O3. The summed E-state index contributed by atoms with van der Waals surface area (Å²) in [4.78, 5) is 16.7. The molecule has 45 heavy (non-hydrogen) atoms. The average Bonchev–Trinajstić information content (AvgIpc) is 3.60. The number of ether oxygens (including phenoxy) is 2. The molecule has 5 aliphatic rings. The van der Waals surface area contributed by atoms with Gasteiger partial charge < -0.3 is 19.5 Å². The minimum Gasteiger partial charge on any atom is -0.491 e. The minimum absolute atomic E-state index is 0.169. The Morgan fingerprint density at radius 3 is 2.47 bits per heavy atom. The van der Waals surface area contributed by atoms with Crippen molar-refractivity contribution >= 4 is 11.3 Å². The molecule has 4 aromatic rings. The molecule has 0 amide bonds. The number of piperazine rings is 1. The van der Waals surface area contributed by atoms with E-state index in [1.165, 1.54) is 12.0 Å². The van der Waals surface area contributed by atoms with Crippen molar-refractivity contribution in [2.75, 3.05) is 38.3 Å². The smallest absolute Gasteiger partial charge is 0.212 e. The molecule has 11 nitrogen and oxygen atoms in total. The summed E-state index contributed by atoms with van der Waals surface area (Å²) in [6, 6.07) is 14.4. The Bertz CT molecular complexity index is 1690. The molecule has 5 atom stereocenters. The monoisotopic (exact) mass is 606 g/mol. The second kappa shape index (κ2) is 11.6. The van der Waals surface area contributed by atoms with E-state index in [9.17, 15) is 10.4 Å². The van der Waals surface area contributed by atoms with Crippen LogP contribution in [0, 0.1) is 11.3 Å². The van der Waals surface area contributed by atoms with Crippen LogP contribution < -0.4 is 14.4 Å². The lowest BCUT2D eigenvalue weighted by molar-refractivity contribution is -0.00876. The summed E-state index contributed by atoms with van der Waals surface area (Å²) < 4.78 is 13.2. The lowest BCUT2D eigenvalue weighted by atomic mass is 9.87. The number of hydrogen-bond donors (Lipinski definition) is 1. The maximum atomic E-state index is 10.1. The molecule has 0 aliphatic carbocycles. The summed E-state index contributed by atoms with van der Waals surface area (Å²) in [7, 11) is 1.64. The van der Waals surface area contributed by atoms with Gasteiger partial charge in [-0.25, -0.2) is 14.5 Å². The van der Waals surface area contributed by atoms with Gasteiger partial charge in [0.05, 0.1) is 36.7 Å². The lowest BCUT2D eigenvalue weighted by Gasteiger charge is -2.56. The molecule has 232 valence electrons. The zero-order valence-electron chi connectivity index (χ0n) is 25.5. The van der Waals surface area contributed by atoms with Gasteiger partial charge >= 0.3 is 0 Å². The van der Waals surface area contributed by atoms with E-state index in [0.29, 0.717) is 48.0 Å². The van der Waals surface area contributed by atoms with Crippen LogP contribution in [0.15, 0.2) is 55.1 Å². The predicted molar refractivity (Wildman–Crippen MR) is 168 cm³/mol. The fourth-order valence-corrected chi connectivity index (χ4v) is 8.06. The number of fused-ring (bicyclic) bond motifs is 5. The standard InChI is InChI=1S/C34H38N8O3/c1-44-33-7-2-22(15-37-33)18-41-27-10-28(41)20-39(19-27)32-6-3-23(16-36-32)31-13-30(21-42-34(31)24(14-35)17-38-42)45-9-8-40-25-4-5-26(40)12-29(43)11-25/h2-3,6-7,13,15-17,21,25-29,43H,4-5,8-12,18-20H2,1H3/t25-,26+,27?,28?,29+. The van der Waals surface area contributed by atoms with E-state index in [0.717, 1.165) is 74.3 Å². The normalized spacial score (nSPS) is 26.1. The number of hydrogen-bond acceptors (Lipinski definition) is 10. The molecule has 4 bridgehead atoms. The number of methoxy groups -OCH3 is 1. The first kappa shape index (κ1) is 28.2. The Morgan fingerprint density at radius 1 is 0.956 bits per heavy atom. The number of aromatic nitrogens is 4. The van der Waals surface area contributed by atoms with E-state index >= 15 is 0 Å². The summed E-state index contributed by atoms with van der Waals surface area (Å²) in [6.07, 6.45) is 12.3. The highest BCUT2D eigenvalue weighted by Gasteiger charge is 2.44. The van der Waals surface area contributed by atoms with Gasteiger partial charge in [0, 0.05) is 79.9 Å². The maximum Gasteiger partial charge on any atom is 0.212 e. The third kappa shape index (κ3) is 5.27. The van der Waals surface area contributed by atoms with Crippen LogP contribution in [-0.4, -0.2) is 98.1 Å². The van der Waals surface area contributed by atoms with Crippen LogP contribution in [0.1, 0.15) is 43.2 Å². The number of rotatable bonds is 9. The van der Waals surface area contributed by atoms with Crippen LogP contribution in [0.25, 0.3) is 16.6 Å². The zero-order valence-corrected chi connectivity index (χ0v) is 25.5. The zero-order chi connectivity index (χ0) is 30.5. The molecule has 5 aliphatic heterocycles. The van der Waals surface area contributed by atoms with Crippen LogP contribution in [0.4, 0.5) is 5.82 Å². The average molecular weight is 607 g/mol. The molecule has 2 unspecified atom stereocenters. The van der Waals surface area contributed by atoms with Crippen LogP contribution >= 0.6 is 0 Å². The Hall–Kier alpha value is -4.24. The fourth-order valence-electron chi connectivity index (χ4n) is 8.06. The molecule has 0 radical (unpaired) electrons. The number of pyridine rings is 3. The van der Waals surface area contributed by atoms with Crippen LogP contribution in [0.2, 0.25) is 0 Å². The Balaban J connectivity index is 0.958. The van der Waals surface area contributed by atoms with Crippen LogP contribution in [0.5, 0.6) is 11.6 Å². The van der Waals surface area contributed by atoms with Crippen molar-refractivity contribution < 1.29 is 14.6 Å². The third-order valence-electron chi connectivity index (χ3n) is 10.3. The highest BCUT2D eigenvalue weighted by Crippen LogP contribution is 2.38. The van der Waals surface area contributed by atoms with E-state index in [4.69, 9.17) is 14.5 Å². The van der Waals surface area contributed by atoms with Crippen LogP contribution in [-0.2, 0) is 6.54 Å². The van der Waals surface area contributed by atoms with E-state index in [1.807, 2.05) is 30.7 Å². The predicted octanol–water partition coefficient (Wildman–Crippen LogP) is 3.50. The van der Waals surface area contributed by atoms with E-state index in [1.54, 1.807) is 17.8 Å². The van der Waals surface area contributed by atoms with Crippen molar-refractivity contribution in [1.29, 1.82) is 5.26 Å². The molecule has 4 aromatic heterocycles. The summed E-state index contributed by atoms with van der Waals surface area (Å²) >= 11 is 0. The van der Waals surface area contributed by atoms with E-state index in [-0.39, 0.29) is 6.10 Å². The number of nitrogens with zero attached hydrogens (tertiary/aromatic N) is 8. The Labute approximate surface area is 262 Å². The number of nitriles is 1. The number of aliphatic hydroxyl groups excluding tert-OH is 1. The van der Waals surface area contributed by atoms with Gasteiger partial charge in [-0.15, -0.1) is 0 Å². The summed E-state index contributed by atoms with van der Waals surface area (Å²) in [5.74, 6) is 2.32. The molecule has 5 fully saturated rings. The molecule has 1 N–H and O–H groups in total. The largest absolute Gasteiger partial charge is 0.491 e.